The van der Waals surface area contributed by atoms with E-state index in [1.807, 2.05) is 0 Å². The van der Waals surface area contributed by atoms with Gasteiger partial charge in [0.05, 0.1) is 7.11 Å². The Labute approximate surface area is 146 Å². The van der Waals surface area contributed by atoms with Crippen LogP contribution >= 0.6 is 12.4 Å². The van der Waals surface area contributed by atoms with Crippen LogP contribution in [0.3, 0.4) is 0 Å². The van der Waals surface area contributed by atoms with Crippen LogP contribution in [-0.4, -0.2) is 32.7 Å². The number of ether oxygens (including phenoxy) is 2. The van der Waals surface area contributed by atoms with Crippen molar-refractivity contribution in [1.82, 2.24) is 10.6 Å². The molecule has 1 heterocycles. The number of rotatable bonds is 8. The molecule has 0 radical (unpaired) electrons. The van der Waals surface area contributed by atoms with Gasteiger partial charge in [-0.05, 0) is 49.5 Å². The third-order valence-electron chi connectivity index (χ3n) is 3.88. The number of benzene rings is 1. The maximum Gasteiger partial charge on any atom is 0.387 e. The van der Waals surface area contributed by atoms with E-state index in [0.29, 0.717) is 17.9 Å². The lowest BCUT2D eigenvalue weighted by Gasteiger charge is -2.12. The molecule has 1 saturated heterocycles. The number of halogens is 3. The van der Waals surface area contributed by atoms with Gasteiger partial charge in [0, 0.05) is 13.0 Å². The van der Waals surface area contributed by atoms with Crippen molar-refractivity contribution in [3.8, 4) is 11.5 Å². The second kappa shape index (κ2) is 10.3. The minimum Gasteiger partial charge on any atom is -0.493 e. The molecule has 136 valence electrons. The molecule has 1 aliphatic rings. The number of amides is 1. The molecule has 1 aromatic carbocycles. The summed E-state index contributed by atoms with van der Waals surface area (Å²) in [5, 5.41) is 6.07. The van der Waals surface area contributed by atoms with Gasteiger partial charge < -0.3 is 20.1 Å². The zero-order valence-electron chi connectivity index (χ0n) is 13.5. The van der Waals surface area contributed by atoms with Crippen LogP contribution in [0.25, 0.3) is 0 Å². The van der Waals surface area contributed by atoms with Gasteiger partial charge in [-0.1, -0.05) is 6.07 Å². The summed E-state index contributed by atoms with van der Waals surface area (Å²) in [6.07, 6.45) is 2.45. The highest BCUT2D eigenvalue weighted by Gasteiger charge is 2.16. The van der Waals surface area contributed by atoms with Crippen LogP contribution in [0.2, 0.25) is 0 Å². The van der Waals surface area contributed by atoms with Crippen LogP contribution in [0.1, 0.15) is 24.8 Å². The molecular weight excluding hydrogens is 342 g/mol. The molecule has 0 aromatic heterocycles. The maximum atomic E-state index is 12.4. The molecular formula is C16H23ClF2N2O3. The zero-order valence-corrected chi connectivity index (χ0v) is 14.3. The van der Waals surface area contributed by atoms with Gasteiger partial charge in [-0.25, -0.2) is 0 Å². The van der Waals surface area contributed by atoms with Crippen molar-refractivity contribution < 1.29 is 23.0 Å². The first-order chi connectivity index (χ1) is 11.1. The lowest BCUT2D eigenvalue weighted by molar-refractivity contribution is -0.121. The maximum absolute atomic E-state index is 12.4. The number of alkyl halides is 2. The topological polar surface area (TPSA) is 59.6 Å². The third-order valence-corrected chi connectivity index (χ3v) is 3.88. The van der Waals surface area contributed by atoms with Crippen LogP contribution < -0.4 is 20.1 Å². The van der Waals surface area contributed by atoms with Crippen LogP contribution in [0.4, 0.5) is 8.78 Å². The summed E-state index contributed by atoms with van der Waals surface area (Å²) >= 11 is 0. The van der Waals surface area contributed by atoms with E-state index in [0.717, 1.165) is 25.9 Å². The predicted octanol–water partition coefficient (Wildman–Crippen LogP) is 2.72. The molecule has 1 atom stereocenters. The molecule has 8 heteroatoms. The molecule has 0 saturated carbocycles. The zero-order chi connectivity index (χ0) is 16.7. The van der Waals surface area contributed by atoms with E-state index in [4.69, 9.17) is 4.74 Å². The Kier molecular flexibility index (Phi) is 8.78. The molecule has 0 bridgehead atoms. The second-order valence-corrected chi connectivity index (χ2v) is 5.54. The van der Waals surface area contributed by atoms with Crippen molar-refractivity contribution in [3.05, 3.63) is 23.8 Å². The van der Waals surface area contributed by atoms with Gasteiger partial charge in [-0.15, -0.1) is 12.4 Å². The molecule has 1 fully saturated rings. The van der Waals surface area contributed by atoms with Gasteiger partial charge in [-0.2, -0.15) is 8.78 Å². The number of carbonyl (C=O) groups excluding carboxylic acids is 1. The smallest absolute Gasteiger partial charge is 0.387 e. The second-order valence-electron chi connectivity index (χ2n) is 5.54. The summed E-state index contributed by atoms with van der Waals surface area (Å²) in [6, 6.07) is 4.70. The van der Waals surface area contributed by atoms with Gasteiger partial charge in [0.1, 0.15) is 0 Å². The van der Waals surface area contributed by atoms with E-state index < -0.39 is 6.61 Å². The van der Waals surface area contributed by atoms with Crippen molar-refractivity contribution in [1.29, 1.82) is 0 Å². The minimum absolute atomic E-state index is 0. The standard InChI is InChI=1S/C16H22F2N2O3.ClH/c1-22-13-4-2-12(8-14(13)23-16(17)18)10-20-15(21)5-3-11-6-7-19-9-11;/h2,4,8,11,16,19H,3,5-7,9-10H2,1H3,(H,20,21);1H. The summed E-state index contributed by atoms with van der Waals surface area (Å²) in [5.41, 5.74) is 0.678. The fourth-order valence-corrected chi connectivity index (χ4v) is 2.60. The number of nitrogens with one attached hydrogen (secondary N) is 2. The lowest BCUT2D eigenvalue weighted by Crippen LogP contribution is -2.23. The quantitative estimate of drug-likeness (QED) is 0.744. The highest BCUT2D eigenvalue weighted by molar-refractivity contribution is 5.85. The number of hydrogen-bond donors (Lipinski definition) is 2. The van der Waals surface area contributed by atoms with Crippen molar-refractivity contribution in [3.63, 3.8) is 0 Å². The Balaban J connectivity index is 0.00000288. The fraction of sp³-hybridized carbons (Fsp3) is 0.562. The Morgan fingerprint density at radius 3 is 2.83 bits per heavy atom. The fourth-order valence-electron chi connectivity index (χ4n) is 2.60. The first kappa shape index (κ1) is 20.4. The first-order valence-corrected chi connectivity index (χ1v) is 7.67. The van der Waals surface area contributed by atoms with Gasteiger partial charge in [0.25, 0.3) is 0 Å². The summed E-state index contributed by atoms with van der Waals surface area (Å²) < 4.78 is 34.1. The average Bonchev–Trinajstić information content (AvgIpc) is 3.04. The Bertz CT molecular complexity index is 526. The Hall–Kier alpha value is -1.60. The van der Waals surface area contributed by atoms with E-state index in [1.54, 1.807) is 12.1 Å². The van der Waals surface area contributed by atoms with E-state index in [1.165, 1.54) is 13.2 Å². The lowest BCUT2D eigenvalue weighted by atomic mass is 10.0. The van der Waals surface area contributed by atoms with Crippen LogP contribution in [-0.2, 0) is 11.3 Å². The molecule has 24 heavy (non-hydrogen) atoms. The highest BCUT2D eigenvalue weighted by atomic mass is 35.5. The highest BCUT2D eigenvalue weighted by Crippen LogP contribution is 2.29. The molecule has 1 amide bonds. The van der Waals surface area contributed by atoms with Gasteiger partial charge in [0.2, 0.25) is 5.91 Å². The number of carbonyl (C=O) groups is 1. The monoisotopic (exact) mass is 364 g/mol. The molecule has 2 rings (SSSR count). The van der Waals surface area contributed by atoms with Crippen molar-refractivity contribution >= 4 is 18.3 Å². The largest absolute Gasteiger partial charge is 0.493 e. The average molecular weight is 365 g/mol. The van der Waals surface area contributed by atoms with Crippen LogP contribution in [0.5, 0.6) is 11.5 Å². The predicted molar refractivity (Wildman–Crippen MR) is 88.9 cm³/mol. The van der Waals surface area contributed by atoms with E-state index in [2.05, 4.69) is 15.4 Å². The Morgan fingerprint density at radius 1 is 1.42 bits per heavy atom. The molecule has 0 spiro atoms. The molecule has 1 aliphatic heterocycles. The van der Waals surface area contributed by atoms with Gasteiger partial charge >= 0.3 is 6.61 Å². The van der Waals surface area contributed by atoms with Crippen LogP contribution in [0, 0.1) is 5.92 Å². The van der Waals surface area contributed by atoms with E-state index in [-0.39, 0.29) is 36.4 Å². The van der Waals surface area contributed by atoms with E-state index >= 15 is 0 Å². The molecule has 2 N–H and O–H groups in total. The van der Waals surface area contributed by atoms with Crippen molar-refractivity contribution in [2.75, 3.05) is 20.2 Å². The van der Waals surface area contributed by atoms with E-state index in [9.17, 15) is 13.6 Å². The van der Waals surface area contributed by atoms with Crippen molar-refractivity contribution in [2.24, 2.45) is 5.92 Å². The minimum atomic E-state index is -2.92. The SMILES string of the molecule is COc1ccc(CNC(=O)CCC2CCNC2)cc1OC(F)F.Cl. The summed E-state index contributed by atoms with van der Waals surface area (Å²) in [7, 11) is 1.38. The first-order valence-electron chi connectivity index (χ1n) is 7.67. The Morgan fingerprint density at radius 2 is 2.21 bits per heavy atom. The third kappa shape index (κ3) is 6.49. The van der Waals surface area contributed by atoms with Gasteiger partial charge in [0.15, 0.2) is 11.5 Å². The van der Waals surface area contributed by atoms with Gasteiger partial charge in [-0.3, -0.25) is 4.79 Å². The molecule has 0 aliphatic carbocycles. The molecule has 1 unspecified atom stereocenters. The number of hydrogen-bond acceptors (Lipinski definition) is 4. The number of methoxy groups -OCH3 is 1. The molecule has 5 nitrogen and oxygen atoms in total. The van der Waals surface area contributed by atoms with Crippen molar-refractivity contribution in [2.45, 2.75) is 32.4 Å². The summed E-state index contributed by atoms with van der Waals surface area (Å²) in [5.74, 6) is 0.720. The summed E-state index contributed by atoms with van der Waals surface area (Å²) in [6.45, 7) is -0.662. The van der Waals surface area contributed by atoms with Crippen LogP contribution in [0.15, 0.2) is 18.2 Å². The molecule has 1 aromatic rings. The normalized spacial score (nSPS) is 16.6. The summed E-state index contributed by atoms with van der Waals surface area (Å²) in [4.78, 5) is 11.9.